The zero-order chi connectivity index (χ0) is 23.1. The maximum absolute atomic E-state index is 12.8. The van der Waals surface area contributed by atoms with Gasteiger partial charge in [0.15, 0.2) is 11.0 Å². The summed E-state index contributed by atoms with van der Waals surface area (Å²) in [7, 11) is 1.94. The summed E-state index contributed by atoms with van der Waals surface area (Å²) in [6.45, 7) is 3.11. The van der Waals surface area contributed by atoms with Crippen molar-refractivity contribution in [1.82, 2.24) is 29.6 Å². The number of likely N-dealkylation sites (tertiary alicyclic amines) is 1. The topological polar surface area (TPSA) is 59.7 Å². The Morgan fingerprint density at radius 2 is 1.97 bits per heavy atom. The summed E-state index contributed by atoms with van der Waals surface area (Å²) in [5.74, 6) is 2.06. The number of benzene rings is 1. The van der Waals surface area contributed by atoms with Crippen molar-refractivity contribution >= 4 is 11.8 Å². The maximum Gasteiger partial charge on any atom is 0.416 e. The fourth-order valence-electron chi connectivity index (χ4n) is 4.89. The van der Waals surface area contributed by atoms with Crippen molar-refractivity contribution in [3.63, 3.8) is 0 Å². The van der Waals surface area contributed by atoms with E-state index in [1.807, 2.05) is 17.7 Å². The molecule has 2 aromatic heterocycles. The molecule has 3 aromatic rings. The Morgan fingerprint density at radius 3 is 2.70 bits per heavy atom. The number of halogens is 3. The van der Waals surface area contributed by atoms with E-state index in [0.717, 1.165) is 66.9 Å². The molecule has 0 bridgehead atoms. The van der Waals surface area contributed by atoms with E-state index >= 15 is 0 Å². The van der Waals surface area contributed by atoms with Gasteiger partial charge in [0.25, 0.3) is 0 Å². The average Bonchev–Trinajstić information content (AvgIpc) is 3.15. The number of aromatic nitrogens is 5. The summed E-state index contributed by atoms with van der Waals surface area (Å²) in [5, 5.41) is 9.41. The molecule has 3 heterocycles. The molecule has 6 nitrogen and oxygen atoms in total. The van der Waals surface area contributed by atoms with Gasteiger partial charge in [-0.1, -0.05) is 23.9 Å². The summed E-state index contributed by atoms with van der Waals surface area (Å²) < 4.78 is 40.4. The molecule has 1 aliphatic heterocycles. The first-order chi connectivity index (χ1) is 15.9. The number of thioether (sulfide) groups is 1. The van der Waals surface area contributed by atoms with Crippen LogP contribution in [-0.4, -0.2) is 55.0 Å². The van der Waals surface area contributed by atoms with E-state index in [9.17, 15) is 13.2 Å². The summed E-state index contributed by atoms with van der Waals surface area (Å²) in [6, 6.07) is 7.58. The van der Waals surface area contributed by atoms with Crippen LogP contribution in [0.2, 0.25) is 0 Å². The van der Waals surface area contributed by atoms with Crippen LogP contribution in [0.1, 0.15) is 36.3 Å². The first-order valence-corrected chi connectivity index (χ1v) is 12.0. The Bertz CT molecular complexity index is 1100. The number of alkyl halides is 3. The van der Waals surface area contributed by atoms with Gasteiger partial charge in [-0.2, -0.15) is 13.2 Å². The second-order valence-corrected chi connectivity index (χ2v) is 9.99. The lowest BCUT2D eigenvalue weighted by Gasteiger charge is -2.16. The van der Waals surface area contributed by atoms with Gasteiger partial charge in [0.2, 0.25) is 0 Å². The minimum Gasteiger partial charge on any atom is -0.304 e. The van der Waals surface area contributed by atoms with Gasteiger partial charge < -0.3 is 9.47 Å². The smallest absolute Gasteiger partial charge is 0.304 e. The molecule has 1 saturated carbocycles. The van der Waals surface area contributed by atoms with E-state index in [-0.39, 0.29) is 5.41 Å². The summed E-state index contributed by atoms with van der Waals surface area (Å²) in [5.41, 5.74) is 1.48. The van der Waals surface area contributed by atoms with Gasteiger partial charge in [0, 0.05) is 25.5 Å². The van der Waals surface area contributed by atoms with E-state index in [4.69, 9.17) is 0 Å². The Labute approximate surface area is 194 Å². The third kappa shape index (κ3) is 4.63. The Morgan fingerprint density at radius 1 is 1.15 bits per heavy atom. The van der Waals surface area contributed by atoms with Crippen LogP contribution in [0.15, 0.2) is 48.0 Å². The lowest BCUT2D eigenvalue weighted by Crippen LogP contribution is -2.23. The molecule has 174 valence electrons. The van der Waals surface area contributed by atoms with Crippen molar-refractivity contribution < 1.29 is 13.2 Å². The molecule has 2 atom stereocenters. The molecule has 1 spiro atoms. The van der Waals surface area contributed by atoms with Crippen molar-refractivity contribution in [1.29, 1.82) is 0 Å². The van der Waals surface area contributed by atoms with Crippen molar-refractivity contribution in [3.8, 4) is 11.5 Å². The van der Waals surface area contributed by atoms with Crippen molar-refractivity contribution in [2.45, 2.75) is 36.5 Å². The summed E-state index contributed by atoms with van der Waals surface area (Å²) in [6.07, 6.45) is 2.16. The largest absolute Gasteiger partial charge is 0.416 e. The van der Waals surface area contributed by atoms with Gasteiger partial charge in [-0.25, -0.2) is 9.97 Å². The van der Waals surface area contributed by atoms with Gasteiger partial charge in [-0.3, -0.25) is 0 Å². The quantitative estimate of drug-likeness (QED) is 0.367. The van der Waals surface area contributed by atoms with Crippen LogP contribution < -0.4 is 0 Å². The second kappa shape index (κ2) is 8.72. The Balaban J connectivity index is 1.09. The highest BCUT2D eigenvalue weighted by Gasteiger charge is 2.57. The molecule has 33 heavy (non-hydrogen) atoms. The predicted octanol–water partition coefficient (Wildman–Crippen LogP) is 4.65. The van der Waals surface area contributed by atoms with Crippen LogP contribution in [0.25, 0.3) is 11.5 Å². The highest BCUT2D eigenvalue weighted by molar-refractivity contribution is 7.99. The summed E-state index contributed by atoms with van der Waals surface area (Å²) in [4.78, 5) is 10.7. The monoisotopic (exact) mass is 474 g/mol. The van der Waals surface area contributed by atoms with Gasteiger partial charge in [0.05, 0.1) is 5.56 Å². The molecule has 5 rings (SSSR count). The first kappa shape index (κ1) is 22.3. The lowest BCUT2D eigenvalue weighted by molar-refractivity contribution is -0.137. The van der Waals surface area contributed by atoms with Crippen molar-refractivity contribution in [3.05, 3.63) is 54.0 Å². The third-order valence-corrected chi connectivity index (χ3v) is 7.90. The normalized spacial score (nSPS) is 22.8. The van der Waals surface area contributed by atoms with E-state index in [0.29, 0.717) is 5.92 Å². The Hall–Kier alpha value is -2.46. The fourth-order valence-corrected chi connectivity index (χ4v) is 5.72. The van der Waals surface area contributed by atoms with Crippen molar-refractivity contribution in [2.24, 2.45) is 12.5 Å². The molecular weight excluding hydrogens is 449 g/mol. The van der Waals surface area contributed by atoms with Crippen LogP contribution in [0.3, 0.4) is 0 Å². The van der Waals surface area contributed by atoms with Gasteiger partial charge >= 0.3 is 6.18 Å². The average molecular weight is 475 g/mol. The minimum atomic E-state index is -4.27. The predicted molar refractivity (Wildman–Crippen MR) is 120 cm³/mol. The standard InChI is InChI=1S/C23H25F3N6S/c1-31-20(19-7-9-27-15-28-19)29-30-21(31)33-12-2-10-32-11-8-22(14-32)13-18(22)16-3-5-17(6-4-16)23(24,25)26/h3-7,9,15,18H,2,8,10-14H2,1H3/t18?,22-/m1/s1. The first-order valence-electron chi connectivity index (χ1n) is 11.0. The van der Waals surface area contributed by atoms with E-state index < -0.39 is 11.7 Å². The van der Waals surface area contributed by atoms with Crippen molar-refractivity contribution in [2.75, 3.05) is 25.4 Å². The molecule has 2 aliphatic rings. The van der Waals surface area contributed by atoms with Gasteiger partial charge in [-0.05, 0) is 67.4 Å². The highest BCUT2D eigenvalue weighted by atomic mass is 32.2. The van der Waals surface area contributed by atoms with E-state index in [1.165, 1.54) is 18.5 Å². The molecular formula is C23H25F3N6S. The number of hydrogen-bond acceptors (Lipinski definition) is 6. The molecule has 2 fully saturated rings. The number of rotatable bonds is 7. The van der Waals surface area contributed by atoms with Crippen LogP contribution in [0, 0.1) is 5.41 Å². The molecule has 1 unspecified atom stereocenters. The van der Waals surface area contributed by atoms with Crippen LogP contribution in [-0.2, 0) is 13.2 Å². The summed E-state index contributed by atoms with van der Waals surface area (Å²) >= 11 is 1.69. The number of nitrogens with zero attached hydrogens (tertiary/aromatic N) is 6. The molecule has 0 N–H and O–H groups in total. The van der Waals surface area contributed by atoms with Crippen LogP contribution in [0.5, 0.6) is 0 Å². The molecule has 1 aliphatic carbocycles. The fraction of sp³-hybridized carbons (Fsp3) is 0.478. The lowest BCUT2D eigenvalue weighted by atomic mass is 9.97. The van der Waals surface area contributed by atoms with Crippen LogP contribution in [0.4, 0.5) is 13.2 Å². The zero-order valence-corrected chi connectivity index (χ0v) is 19.1. The molecule has 0 radical (unpaired) electrons. The van der Waals surface area contributed by atoms with E-state index in [2.05, 4.69) is 25.1 Å². The molecule has 1 aromatic carbocycles. The van der Waals surface area contributed by atoms with Gasteiger partial charge in [-0.15, -0.1) is 10.2 Å². The minimum absolute atomic E-state index is 0.253. The van der Waals surface area contributed by atoms with Gasteiger partial charge in [0.1, 0.15) is 12.0 Å². The molecule has 1 saturated heterocycles. The molecule has 0 amide bonds. The maximum atomic E-state index is 12.8. The number of hydrogen-bond donors (Lipinski definition) is 0. The SMILES string of the molecule is Cn1c(SCCCN2CC[C@@]3(CC3c3ccc(C(F)(F)F)cc3)C2)nnc1-c1ccncn1. The second-order valence-electron chi connectivity index (χ2n) is 8.93. The zero-order valence-electron chi connectivity index (χ0n) is 18.3. The van der Waals surface area contributed by atoms with E-state index in [1.54, 1.807) is 30.1 Å². The molecule has 10 heteroatoms. The third-order valence-electron chi connectivity index (χ3n) is 6.79. The Kier molecular flexibility index (Phi) is 5.90. The van der Waals surface area contributed by atoms with Crippen LogP contribution >= 0.6 is 11.8 Å². The highest BCUT2D eigenvalue weighted by Crippen LogP contribution is 2.64.